The van der Waals surface area contributed by atoms with Crippen LogP contribution in [0.25, 0.3) is 0 Å². The zero-order chi connectivity index (χ0) is 23.5. The molecule has 1 amide bonds. The first kappa shape index (κ1) is 23.4. The Morgan fingerprint density at radius 1 is 1.06 bits per heavy atom. The monoisotopic (exact) mass is 454 g/mol. The van der Waals surface area contributed by atoms with Gasteiger partial charge in [-0.1, -0.05) is 24.3 Å². The third kappa shape index (κ3) is 4.80. The summed E-state index contributed by atoms with van der Waals surface area (Å²) in [6.45, 7) is 4.09. The molecule has 2 aromatic rings. The van der Waals surface area contributed by atoms with Gasteiger partial charge in [0.05, 0.1) is 12.5 Å². The van der Waals surface area contributed by atoms with E-state index in [-0.39, 0.29) is 29.9 Å². The zero-order valence-electron chi connectivity index (χ0n) is 18.9. The molecule has 2 aliphatic heterocycles. The number of aromatic hydroxyl groups is 1. The van der Waals surface area contributed by atoms with Gasteiger partial charge in [-0.3, -0.25) is 14.5 Å². The Morgan fingerprint density at radius 3 is 2.45 bits per heavy atom. The Balaban J connectivity index is 1.81. The largest absolute Gasteiger partial charge is 0.508 e. The van der Waals surface area contributed by atoms with E-state index in [4.69, 9.17) is 0 Å². The molecule has 0 aliphatic carbocycles. The third-order valence-electron chi connectivity index (χ3n) is 7.06. The van der Waals surface area contributed by atoms with Crippen LogP contribution in [0.2, 0.25) is 0 Å². The molecule has 2 aliphatic rings. The van der Waals surface area contributed by atoms with Gasteiger partial charge < -0.3 is 15.1 Å². The molecule has 33 heavy (non-hydrogen) atoms. The van der Waals surface area contributed by atoms with Crippen molar-refractivity contribution in [2.75, 3.05) is 39.3 Å². The standard InChI is InChI=1S/C26H31FN2O4/c1-17-20(8-5-9-23(17)27)24-21(25(32)18-6-4-7-19(31)14-18)15-28(12-13-30)16-22(24)26(33)29-10-2-3-11-29/h4-9,14,21-22,24,30-31H,2-3,10-13,15-16H2,1H3. The summed E-state index contributed by atoms with van der Waals surface area (Å²) in [5, 5.41) is 19.5. The molecule has 0 bridgehead atoms. The number of nitrogens with zero attached hydrogens (tertiary/aromatic N) is 2. The third-order valence-corrected chi connectivity index (χ3v) is 7.06. The number of carbonyl (C=O) groups is 2. The number of hydrogen-bond donors (Lipinski definition) is 2. The van der Waals surface area contributed by atoms with Crippen molar-refractivity contribution in [3.8, 4) is 5.75 Å². The maximum atomic E-state index is 14.6. The Labute approximate surface area is 193 Å². The molecule has 2 aromatic carbocycles. The van der Waals surface area contributed by atoms with Crippen LogP contribution in [0.4, 0.5) is 4.39 Å². The number of hydrogen-bond acceptors (Lipinski definition) is 5. The number of phenolic OH excluding ortho intramolecular Hbond substituents is 1. The van der Waals surface area contributed by atoms with Crippen molar-refractivity contribution in [3.63, 3.8) is 0 Å². The van der Waals surface area contributed by atoms with Crippen LogP contribution in [-0.4, -0.2) is 71.0 Å². The summed E-state index contributed by atoms with van der Waals surface area (Å²) < 4.78 is 14.6. The van der Waals surface area contributed by atoms with Crippen LogP contribution in [0.3, 0.4) is 0 Å². The molecule has 176 valence electrons. The van der Waals surface area contributed by atoms with E-state index < -0.39 is 17.8 Å². The predicted octanol–water partition coefficient (Wildman–Crippen LogP) is 2.97. The van der Waals surface area contributed by atoms with Crippen molar-refractivity contribution >= 4 is 11.7 Å². The molecule has 2 saturated heterocycles. The molecule has 0 saturated carbocycles. The molecule has 2 fully saturated rings. The van der Waals surface area contributed by atoms with Crippen LogP contribution >= 0.6 is 0 Å². The number of likely N-dealkylation sites (tertiary alicyclic amines) is 2. The second-order valence-corrected chi connectivity index (χ2v) is 9.12. The first-order chi connectivity index (χ1) is 15.9. The van der Waals surface area contributed by atoms with Crippen LogP contribution in [0.5, 0.6) is 5.75 Å². The average molecular weight is 455 g/mol. The maximum absolute atomic E-state index is 14.6. The van der Waals surface area contributed by atoms with Gasteiger partial charge in [0.15, 0.2) is 5.78 Å². The number of aliphatic hydroxyl groups excluding tert-OH is 1. The number of rotatable bonds is 6. The Bertz CT molecular complexity index is 1020. The van der Waals surface area contributed by atoms with Crippen molar-refractivity contribution in [3.05, 3.63) is 65.0 Å². The van der Waals surface area contributed by atoms with E-state index in [9.17, 15) is 24.2 Å². The lowest BCUT2D eigenvalue weighted by Crippen LogP contribution is -2.53. The molecule has 4 rings (SSSR count). The highest BCUT2D eigenvalue weighted by molar-refractivity contribution is 5.99. The van der Waals surface area contributed by atoms with E-state index >= 15 is 0 Å². The van der Waals surface area contributed by atoms with Crippen molar-refractivity contribution in [1.29, 1.82) is 0 Å². The van der Waals surface area contributed by atoms with E-state index in [0.29, 0.717) is 49.4 Å². The number of carbonyl (C=O) groups excluding carboxylic acids is 2. The normalized spacial score (nSPS) is 23.6. The lowest BCUT2D eigenvalue weighted by molar-refractivity contribution is -0.137. The smallest absolute Gasteiger partial charge is 0.227 e. The quantitative estimate of drug-likeness (QED) is 0.656. The fraction of sp³-hybridized carbons (Fsp3) is 0.462. The van der Waals surface area contributed by atoms with Gasteiger partial charge in [-0.2, -0.15) is 0 Å². The van der Waals surface area contributed by atoms with Crippen LogP contribution in [-0.2, 0) is 4.79 Å². The number of halogens is 1. The van der Waals surface area contributed by atoms with Crippen molar-refractivity contribution in [2.45, 2.75) is 25.7 Å². The minimum atomic E-state index is -0.621. The highest BCUT2D eigenvalue weighted by atomic mass is 19.1. The van der Waals surface area contributed by atoms with Gasteiger partial charge in [0.1, 0.15) is 11.6 Å². The fourth-order valence-corrected chi connectivity index (χ4v) is 5.40. The molecule has 2 heterocycles. The number of β-amino-alcohol motifs (C(OH)–C–C–N with tert-alkyl or cyclic N) is 1. The van der Waals surface area contributed by atoms with Crippen LogP contribution in [0.1, 0.15) is 40.2 Å². The van der Waals surface area contributed by atoms with Gasteiger partial charge in [-0.05, 0) is 49.1 Å². The second kappa shape index (κ2) is 10.0. The molecule has 0 spiro atoms. The number of amides is 1. The Kier molecular flexibility index (Phi) is 7.10. The highest BCUT2D eigenvalue weighted by Crippen LogP contribution is 2.42. The minimum Gasteiger partial charge on any atom is -0.508 e. The van der Waals surface area contributed by atoms with Gasteiger partial charge in [-0.15, -0.1) is 0 Å². The summed E-state index contributed by atoms with van der Waals surface area (Å²) in [4.78, 5) is 31.2. The number of ketones is 1. The summed E-state index contributed by atoms with van der Waals surface area (Å²) in [6, 6.07) is 11.0. The van der Waals surface area contributed by atoms with Crippen LogP contribution < -0.4 is 0 Å². The number of benzene rings is 2. The predicted molar refractivity (Wildman–Crippen MR) is 123 cm³/mol. The number of Topliss-reactive ketones (excluding diaryl/α,β-unsaturated/α-hetero) is 1. The van der Waals surface area contributed by atoms with E-state index in [1.54, 1.807) is 25.1 Å². The van der Waals surface area contributed by atoms with E-state index in [1.807, 2.05) is 15.9 Å². The van der Waals surface area contributed by atoms with Gasteiger partial charge in [-0.25, -0.2) is 4.39 Å². The van der Waals surface area contributed by atoms with Gasteiger partial charge in [0.25, 0.3) is 0 Å². The average Bonchev–Trinajstić information content (AvgIpc) is 3.35. The zero-order valence-corrected chi connectivity index (χ0v) is 18.9. The van der Waals surface area contributed by atoms with Crippen molar-refractivity contribution in [1.82, 2.24) is 9.80 Å². The van der Waals surface area contributed by atoms with Crippen molar-refractivity contribution in [2.24, 2.45) is 11.8 Å². The Morgan fingerprint density at radius 2 is 1.76 bits per heavy atom. The highest BCUT2D eigenvalue weighted by Gasteiger charge is 2.46. The first-order valence-electron chi connectivity index (χ1n) is 11.6. The topological polar surface area (TPSA) is 81.1 Å². The summed E-state index contributed by atoms with van der Waals surface area (Å²) in [5.74, 6) is -2.23. The van der Waals surface area contributed by atoms with Gasteiger partial charge in [0, 0.05) is 50.1 Å². The summed E-state index contributed by atoms with van der Waals surface area (Å²) in [6.07, 6.45) is 1.91. The lowest BCUT2D eigenvalue weighted by Gasteiger charge is -2.44. The van der Waals surface area contributed by atoms with Crippen LogP contribution in [0.15, 0.2) is 42.5 Å². The summed E-state index contributed by atoms with van der Waals surface area (Å²) in [7, 11) is 0. The molecule has 3 unspecified atom stereocenters. The molecule has 2 N–H and O–H groups in total. The second-order valence-electron chi connectivity index (χ2n) is 9.12. The summed E-state index contributed by atoms with van der Waals surface area (Å²) in [5.41, 5.74) is 1.48. The number of phenols is 1. The SMILES string of the molecule is Cc1c(F)cccc1C1C(C(=O)c2cccc(O)c2)CN(CCO)CC1C(=O)N1CCCC1. The fourth-order valence-electron chi connectivity index (χ4n) is 5.40. The van der Waals surface area contributed by atoms with Gasteiger partial charge in [0.2, 0.25) is 5.91 Å². The molecule has 0 aromatic heterocycles. The molecular weight excluding hydrogens is 423 g/mol. The lowest BCUT2D eigenvalue weighted by atomic mass is 9.69. The van der Waals surface area contributed by atoms with Gasteiger partial charge >= 0.3 is 0 Å². The first-order valence-corrected chi connectivity index (χ1v) is 11.6. The van der Waals surface area contributed by atoms with E-state index in [0.717, 1.165) is 12.8 Å². The minimum absolute atomic E-state index is 0.00736. The molecule has 3 atom stereocenters. The van der Waals surface area contributed by atoms with Crippen LogP contribution in [0, 0.1) is 24.6 Å². The molecule has 6 nitrogen and oxygen atoms in total. The number of aliphatic hydroxyl groups is 1. The maximum Gasteiger partial charge on any atom is 0.227 e. The van der Waals surface area contributed by atoms with E-state index in [2.05, 4.69) is 0 Å². The molecular formula is C26H31FN2O4. The number of piperidine rings is 1. The Hall–Kier alpha value is -2.77. The molecule has 0 radical (unpaired) electrons. The van der Waals surface area contributed by atoms with Crippen molar-refractivity contribution < 1.29 is 24.2 Å². The molecule has 7 heteroatoms. The summed E-state index contributed by atoms with van der Waals surface area (Å²) >= 11 is 0. The van der Waals surface area contributed by atoms with E-state index in [1.165, 1.54) is 18.2 Å².